The monoisotopic (exact) mass is 530 g/mol. The van der Waals surface area contributed by atoms with Crippen LogP contribution in [0.4, 0.5) is 0 Å². The molecular weight excluding hydrogens is 488 g/mol. The van der Waals surface area contributed by atoms with Crippen molar-refractivity contribution in [2.75, 3.05) is 19.7 Å². The molecule has 2 amide bonds. The Hall–Kier alpha value is -1.74. The van der Waals surface area contributed by atoms with E-state index in [1.165, 1.54) is 51.4 Å². The van der Waals surface area contributed by atoms with E-state index in [0.29, 0.717) is 41.0 Å². The second-order valence-electron chi connectivity index (χ2n) is 12.4. The van der Waals surface area contributed by atoms with Crippen molar-refractivity contribution < 1.29 is 18.8 Å². The van der Waals surface area contributed by atoms with E-state index in [4.69, 9.17) is 15.0 Å². The van der Waals surface area contributed by atoms with Crippen LogP contribution in [0.2, 0.25) is 0 Å². The van der Waals surface area contributed by atoms with Crippen LogP contribution in [0.5, 0.6) is 5.88 Å². The van der Waals surface area contributed by atoms with Crippen LogP contribution in [-0.4, -0.2) is 48.0 Å². The molecule has 0 unspecified atom stereocenters. The van der Waals surface area contributed by atoms with Crippen molar-refractivity contribution in [3.05, 3.63) is 5.76 Å². The number of nitrogens with zero attached hydrogens (tertiary/aromatic N) is 1. The average Bonchev–Trinajstić information content (AvgIpc) is 3.26. The minimum absolute atomic E-state index is 0.00553. The van der Waals surface area contributed by atoms with Crippen molar-refractivity contribution in [1.82, 2.24) is 15.8 Å². The predicted molar refractivity (Wildman–Crippen MR) is 141 cm³/mol. The molecular formula is C28H42N4O4S. The molecule has 6 fully saturated rings. The molecule has 4 N–H and O–H groups in total. The van der Waals surface area contributed by atoms with E-state index in [1.54, 1.807) is 11.8 Å². The number of nitrogens with two attached hydrogens (primary N) is 1. The normalized spacial score (nSPS) is 32.1. The quantitative estimate of drug-likeness (QED) is 0.413. The Kier molecular flexibility index (Phi) is 7.45. The smallest absolute Gasteiger partial charge is 0.291 e. The van der Waals surface area contributed by atoms with Crippen molar-refractivity contribution in [2.45, 2.75) is 99.7 Å². The summed E-state index contributed by atoms with van der Waals surface area (Å²) in [5.41, 5.74) is 5.03. The molecule has 6 aliphatic rings. The first-order valence-electron chi connectivity index (χ1n) is 14.6. The standard InChI is InChI=1S/C28H42N4O4S/c29-9-10-30-27(34)28(7-4-8-28)16-35-26-24(37-21-5-2-1-3-6-21)23(36-32-26)25(33)31-22-19-12-17-11-18(14-19)15-20(22)13-17/h17-22H,1-16,29H2,(H,30,34)(H,31,33). The van der Waals surface area contributed by atoms with Crippen LogP contribution in [0, 0.1) is 29.1 Å². The maximum Gasteiger partial charge on any atom is 0.291 e. The van der Waals surface area contributed by atoms with Crippen molar-refractivity contribution in [3.63, 3.8) is 0 Å². The summed E-state index contributed by atoms with van der Waals surface area (Å²) in [7, 11) is 0. The van der Waals surface area contributed by atoms with E-state index in [0.717, 1.165) is 43.9 Å². The molecule has 1 heterocycles. The number of ether oxygens (including phenoxy) is 1. The number of rotatable bonds is 10. The van der Waals surface area contributed by atoms with Gasteiger partial charge in [0.2, 0.25) is 11.7 Å². The Bertz CT molecular complexity index is 959. The van der Waals surface area contributed by atoms with E-state index in [-0.39, 0.29) is 30.2 Å². The highest BCUT2D eigenvalue weighted by molar-refractivity contribution is 8.00. The van der Waals surface area contributed by atoms with E-state index < -0.39 is 5.41 Å². The zero-order valence-corrected chi connectivity index (χ0v) is 22.7. The van der Waals surface area contributed by atoms with Crippen LogP contribution in [-0.2, 0) is 4.79 Å². The molecule has 0 atom stereocenters. The fourth-order valence-corrected chi connectivity index (χ4v) is 9.29. The highest BCUT2D eigenvalue weighted by Crippen LogP contribution is 2.54. The highest BCUT2D eigenvalue weighted by atomic mass is 32.2. The topological polar surface area (TPSA) is 119 Å². The third kappa shape index (κ3) is 5.14. The molecule has 37 heavy (non-hydrogen) atoms. The molecule has 8 nitrogen and oxygen atoms in total. The highest BCUT2D eigenvalue weighted by Gasteiger charge is 2.49. The Balaban J connectivity index is 1.18. The molecule has 0 aromatic carbocycles. The van der Waals surface area contributed by atoms with Gasteiger partial charge in [0, 0.05) is 24.4 Å². The molecule has 0 radical (unpaired) electrons. The van der Waals surface area contributed by atoms with Crippen LogP contribution < -0.4 is 21.1 Å². The zero-order chi connectivity index (χ0) is 25.4. The van der Waals surface area contributed by atoms with Gasteiger partial charge in [-0.3, -0.25) is 9.59 Å². The average molecular weight is 531 g/mol. The van der Waals surface area contributed by atoms with Gasteiger partial charge < -0.3 is 25.6 Å². The van der Waals surface area contributed by atoms with Crippen molar-refractivity contribution in [2.24, 2.45) is 34.8 Å². The minimum Gasteiger partial charge on any atom is -0.474 e. The number of thioether (sulfide) groups is 1. The van der Waals surface area contributed by atoms with E-state index >= 15 is 0 Å². The molecule has 9 heteroatoms. The van der Waals surface area contributed by atoms with Gasteiger partial charge in [0.1, 0.15) is 11.5 Å². The van der Waals surface area contributed by atoms with Crippen LogP contribution in [0.3, 0.4) is 0 Å². The Morgan fingerprint density at radius 2 is 1.73 bits per heavy atom. The van der Waals surface area contributed by atoms with Crippen molar-refractivity contribution in [1.29, 1.82) is 0 Å². The summed E-state index contributed by atoms with van der Waals surface area (Å²) < 4.78 is 11.9. The third-order valence-electron chi connectivity index (χ3n) is 9.90. The molecule has 7 rings (SSSR count). The first-order valence-corrected chi connectivity index (χ1v) is 15.5. The van der Waals surface area contributed by atoms with Gasteiger partial charge in [-0.05, 0) is 86.6 Å². The number of hydrogen-bond donors (Lipinski definition) is 3. The minimum atomic E-state index is -0.552. The number of carbonyl (C=O) groups is 2. The number of aromatic nitrogens is 1. The van der Waals surface area contributed by atoms with Crippen molar-refractivity contribution in [3.8, 4) is 5.88 Å². The van der Waals surface area contributed by atoms with Gasteiger partial charge in [0.15, 0.2) is 0 Å². The molecule has 4 bridgehead atoms. The lowest BCUT2D eigenvalue weighted by Gasteiger charge is -2.54. The van der Waals surface area contributed by atoms with Gasteiger partial charge in [0.25, 0.3) is 11.8 Å². The van der Waals surface area contributed by atoms with Gasteiger partial charge >= 0.3 is 0 Å². The second-order valence-corrected chi connectivity index (χ2v) is 13.7. The largest absolute Gasteiger partial charge is 0.474 e. The number of carbonyl (C=O) groups excluding carboxylic acids is 2. The fourth-order valence-electron chi connectivity index (χ4n) is 7.96. The fraction of sp³-hybridized carbons (Fsp3) is 0.821. The molecule has 1 aromatic heterocycles. The lowest BCUT2D eigenvalue weighted by Crippen LogP contribution is -2.55. The Morgan fingerprint density at radius 3 is 2.35 bits per heavy atom. The molecule has 0 saturated heterocycles. The molecule has 6 saturated carbocycles. The summed E-state index contributed by atoms with van der Waals surface area (Å²) >= 11 is 1.68. The molecule has 1 aromatic rings. The SMILES string of the molecule is NCCNC(=O)C1(COc2noc(C(=O)NC3C4CC5CC(C4)CC3C5)c2SC2CCCCC2)CCC1. The number of nitrogens with one attached hydrogen (secondary N) is 2. The lowest BCUT2D eigenvalue weighted by atomic mass is 9.54. The van der Waals surface area contributed by atoms with Crippen molar-refractivity contribution >= 4 is 23.6 Å². The van der Waals surface area contributed by atoms with Gasteiger partial charge in [-0.15, -0.1) is 11.8 Å². The van der Waals surface area contributed by atoms with Gasteiger partial charge in [0.05, 0.1) is 5.41 Å². The Morgan fingerprint density at radius 1 is 1.03 bits per heavy atom. The van der Waals surface area contributed by atoms with Gasteiger partial charge in [-0.1, -0.05) is 25.7 Å². The number of hydrogen-bond acceptors (Lipinski definition) is 7. The van der Waals surface area contributed by atoms with Crippen LogP contribution >= 0.6 is 11.8 Å². The predicted octanol–water partition coefficient (Wildman–Crippen LogP) is 4.28. The molecule has 6 aliphatic carbocycles. The summed E-state index contributed by atoms with van der Waals surface area (Å²) in [5, 5.41) is 11.0. The molecule has 0 spiro atoms. The van der Waals surface area contributed by atoms with E-state index in [2.05, 4.69) is 15.8 Å². The summed E-state index contributed by atoms with van der Waals surface area (Å²) in [5.74, 6) is 3.40. The zero-order valence-electron chi connectivity index (χ0n) is 21.8. The van der Waals surface area contributed by atoms with Crippen LogP contribution in [0.1, 0.15) is 94.0 Å². The van der Waals surface area contributed by atoms with Crippen LogP contribution in [0.25, 0.3) is 0 Å². The molecule has 204 valence electrons. The maximum absolute atomic E-state index is 13.6. The van der Waals surface area contributed by atoms with Gasteiger partial charge in [-0.2, -0.15) is 0 Å². The summed E-state index contributed by atoms with van der Waals surface area (Å²) in [4.78, 5) is 27.2. The lowest BCUT2D eigenvalue weighted by molar-refractivity contribution is -0.138. The summed E-state index contributed by atoms with van der Waals surface area (Å²) in [6.07, 6.45) is 14.9. The second kappa shape index (κ2) is 10.8. The summed E-state index contributed by atoms with van der Waals surface area (Å²) in [6, 6.07) is 0.242. The van der Waals surface area contributed by atoms with E-state index in [1.807, 2.05) is 0 Å². The maximum atomic E-state index is 13.6. The van der Waals surface area contributed by atoms with E-state index in [9.17, 15) is 9.59 Å². The molecule has 0 aliphatic heterocycles. The first-order chi connectivity index (χ1) is 18.0. The summed E-state index contributed by atoms with van der Waals surface area (Å²) in [6.45, 7) is 1.11. The van der Waals surface area contributed by atoms with Gasteiger partial charge in [-0.25, -0.2) is 0 Å². The number of amides is 2. The third-order valence-corrected chi connectivity index (χ3v) is 11.3. The Labute approximate surface area is 223 Å². The first kappa shape index (κ1) is 25.5. The van der Waals surface area contributed by atoms with Crippen LogP contribution in [0.15, 0.2) is 9.42 Å².